The molecule has 3 nitrogen and oxygen atoms in total. The molecule has 6 heteroatoms. The zero-order valence-corrected chi connectivity index (χ0v) is 12.4. The van der Waals surface area contributed by atoms with Gasteiger partial charge in [-0.1, -0.05) is 41.5 Å². The number of thiocarbonyl (C=S) groups is 1. The molecule has 19 heavy (non-hydrogen) atoms. The van der Waals surface area contributed by atoms with Crippen LogP contribution in [-0.2, 0) is 0 Å². The number of aromatic nitrogens is 1. The molecule has 0 atom stereocenters. The smallest absolute Gasteiger partial charge is 0.131 e. The third-order valence-electron chi connectivity index (χ3n) is 2.51. The molecule has 1 aromatic heterocycles. The Morgan fingerprint density at radius 2 is 2.00 bits per heavy atom. The average molecular weight is 312 g/mol. The first-order chi connectivity index (χ1) is 8.97. The largest absolute Gasteiger partial charge is 0.388 e. The Kier molecular flexibility index (Phi) is 4.24. The summed E-state index contributed by atoms with van der Waals surface area (Å²) in [5.41, 5.74) is 7.70. The van der Waals surface area contributed by atoms with E-state index in [0.29, 0.717) is 27.2 Å². The van der Waals surface area contributed by atoms with Crippen molar-refractivity contribution in [3.8, 4) is 0 Å². The molecule has 98 valence electrons. The molecule has 0 aliphatic carbocycles. The summed E-state index contributed by atoms with van der Waals surface area (Å²) < 4.78 is 0. The minimum Gasteiger partial charge on any atom is -0.388 e. The molecule has 0 amide bonds. The number of nitrogens with two attached hydrogens (primary N) is 1. The summed E-state index contributed by atoms with van der Waals surface area (Å²) in [5.74, 6) is 0.604. The lowest BCUT2D eigenvalue weighted by atomic mass is 10.2. The molecule has 1 heterocycles. The van der Waals surface area contributed by atoms with Crippen LogP contribution in [0.1, 0.15) is 11.3 Å². The lowest BCUT2D eigenvalue weighted by molar-refractivity contribution is 1.28. The highest BCUT2D eigenvalue weighted by Crippen LogP contribution is 2.30. The molecule has 0 saturated heterocycles. The van der Waals surface area contributed by atoms with Crippen LogP contribution in [0.15, 0.2) is 30.3 Å². The molecule has 0 aliphatic heterocycles. The zero-order chi connectivity index (χ0) is 14.0. The van der Waals surface area contributed by atoms with Crippen molar-refractivity contribution in [2.45, 2.75) is 6.92 Å². The third kappa shape index (κ3) is 3.35. The molecule has 0 unspecified atom stereocenters. The number of hydrogen-bond donors (Lipinski definition) is 2. The molecule has 1 aromatic carbocycles. The van der Waals surface area contributed by atoms with E-state index in [9.17, 15) is 0 Å². The van der Waals surface area contributed by atoms with Crippen molar-refractivity contribution < 1.29 is 0 Å². The number of hydrogen-bond acceptors (Lipinski definition) is 3. The minimum absolute atomic E-state index is 0.247. The quantitative estimate of drug-likeness (QED) is 0.839. The summed E-state index contributed by atoms with van der Waals surface area (Å²) in [5, 5.41) is 4.30. The first-order valence-electron chi connectivity index (χ1n) is 5.47. The van der Waals surface area contributed by atoms with E-state index < -0.39 is 0 Å². The Hall–Kier alpha value is -1.36. The Bertz CT molecular complexity index is 644. The average Bonchev–Trinajstić information content (AvgIpc) is 2.36. The standard InChI is InChI=1S/C13H11Cl2N3S/c1-7-5-9(15)11(6-8(7)14)18-12-4-2-3-10(17-12)13(16)19/h2-6H,1H3,(H2,16,19)(H,17,18). The first-order valence-corrected chi connectivity index (χ1v) is 6.63. The molecule has 2 rings (SSSR count). The number of aryl methyl sites for hydroxylation is 1. The summed E-state index contributed by atoms with van der Waals surface area (Å²) in [6.45, 7) is 1.89. The molecular weight excluding hydrogens is 301 g/mol. The fraction of sp³-hybridized carbons (Fsp3) is 0.0769. The van der Waals surface area contributed by atoms with Crippen molar-refractivity contribution in [3.05, 3.63) is 51.6 Å². The van der Waals surface area contributed by atoms with Gasteiger partial charge in [0.15, 0.2) is 0 Å². The van der Waals surface area contributed by atoms with E-state index >= 15 is 0 Å². The van der Waals surface area contributed by atoms with Gasteiger partial charge in [-0.05, 0) is 36.8 Å². The van der Waals surface area contributed by atoms with E-state index in [2.05, 4.69) is 10.3 Å². The zero-order valence-electron chi connectivity index (χ0n) is 10.1. The van der Waals surface area contributed by atoms with Gasteiger partial charge in [0.1, 0.15) is 10.8 Å². The second kappa shape index (κ2) is 5.74. The first kappa shape index (κ1) is 14.1. The summed E-state index contributed by atoms with van der Waals surface area (Å²) in [6.07, 6.45) is 0. The highest BCUT2D eigenvalue weighted by Gasteiger charge is 2.06. The predicted octanol–water partition coefficient (Wildman–Crippen LogP) is 4.07. The van der Waals surface area contributed by atoms with Gasteiger partial charge >= 0.3 is 0 Å². The van der Waals surface area contributed by atoms with Gasteiger partial charge in [-0.15, -0.1) is 0 Å². The summed E-state index contributed by atoms with van der Waals surface area (Å²) >= 11 is 17.1. The molecule has 0 saturated carbocycles. The third-order valence-corrected chi connectivity index (χ3v) is 3.44. The Morgan fingerprint density at radius 1 is 1.26 bits per heavy atom. The van der Waals surface area contributed by atoms with Crippen LogP contribution in [0.3, 0.4) is 0 Å². The monoisotopic (exact) mass is 311 g/mol. The number of halogens is 2. The van der Waals surface area contributed by atoms with Crippen molar-refractivity contribution in [2.75, 3.05) is 5.32 Å². The highest BCUT2D eigenvalue weighted by atomic mass is 35.5. The van der Waals surface area contributed by atoms with Gasteiger partial charge in [-0.2, -0.15) is 0 Å². The molecule has 3 N–H and O–H groups in total. The van der Waals surface area contributed by atoms with E-state index in [0.717, 1.165) is 5.56 Å². The SMILES string of the molecule is Cc1cc(Cl)c(Nc2cccc(C(N)=S)n2)cc1Cl. The van der Waals surface area contributed by atoms with Crippen LogP contribution in [0.4, 0.5) is 11.5 Å². The van der Waals surface area contributed by atoms with E-state index in [4.69, 9.17) is 41.2 Å². The summed E-state index contributed by atoms with van der Waals surface area (Å²) in [7, 11) is 0. The van der Waals surface area contributed by atoms with Gasteiger partial charge in [-0.25, -0.2) is 4.98 Å². The number of rotatable bonds is 3. The molecule has 0 spiro atoms. The number of anilines is 2. The van der Waals surface area contributed by atoms with Crippen molar-refractivity contribution in [1.29, 1.82) is 0 Å². The van der Waals surface area contributed by atoms with Crippen LogP contribution in [0.25, 0.3) is 0 Å². The minimum atomic E-state index is 0.247. The fourth-order valence-corrected chi connectivity index (χ4v) is 2.06. The van der Waals surface area contributed by atoms with Crippen molar-refractivity contribution in [2.24, 2.45) is 5.73 Å². The summed E-state index contributed by atoms with van der Waals surface area (Å²) in [4.78, 5) is 4.53. The molecule has 2 aromatic rings. The Morgan fingerprint density at radius 3 is 2.68 bits per heavy atom. The van der Waals surface area contributed by atoms with E-state index in [1.807, 2.05) is 13.0 Å². The van der Waals surface area contributed by atoms with Gasteiger partial charge in [0.05, 0.1) is 16.4 Å². The van der Waals surface area contributed by atoms with E-state index in [1.165, 1.54) is 0 Å². The van der Waals surface area contributed by atoms with E-state index in [1.54, 1.807) is 24.3 Å². The maximum atomic E-state index is 6.15. The summed E-state index contributed by atoms with van der Waals surface area (Å²) in [6, 6.07) is 8.91. The maximum absolute atomic E-state index is 6.15. The second-order valence-corrected chi connectivity index (χ2v) is 5.23. The van der Waals surface area contributed by atoms with Gasteiger partial charge in [-0.3, -0.25) is 0 Å². The molecule has 0 aliphatic rings. The van der Waals surface area contributed by atoms with Crippen LogP contribution in [0, 0.1) is 6.92 Å². The van der Waals surface area contributed by atoms with Crippen LogP contribution in [-0.4, -0.2) is 9.97 Å². The Balaban J connectivity index is 2.33. The van der Waals surface area contributed by atoms with Crippen molar-refractivity contribution >= 4 is 51.9 Å². The predicted molar refractivity (Wildman–Crippen MR) is 84.6 cm³/mol. The number of pyridine rings is 1. The molecule has 0 fully saturated rings. The van der Waals surface area contributed by atoms with Gasteiger partial charge in [0, 0.05) is 5.02 Å². The molecule has 0 bridgehead atoms. The number of benzene rings is 1. The molecular formula is C13H11Cl2N3S. The Labute approximate surface area is 126 Å². The van der Waals surface area contributed by atoms with E-state index in [-0.39, 0.29) is 4.99 Å². The lowest BCUT2D eigenvalue weighted by Gasteiger charge is -2.10. The van der Waals surface area contributed by atoms with Crippen LogP contribution >= 0.6 is 35.4 Å². The normalized spacial score (nSPS) is 10.3. The van der Waals surface area contributed by atoms with Crippen molar-refractivity contribution in [3.63, 3.8) is 0 Å². The number of nitrogens with one attached hydrogen (secondary N) is 1. The molecule has 0 radical (unpaired) electrons. The van der Waals surface area contributed by atoms with Crippen LogP contribution in [0.2, 0.25) is 10.0 Å². The second-order valence-electron chi connectivity index (χ2n) is 3.98. The van der Waals surface area contributed by atoms with Crippen LogP contribution in [0.5, 0.6) is 0 Å². The highest BCUT2D eigenvalue weighted by molar-refractivity contribution is 7.80. The fourth-order valence-electron chi connectivity index (χ4n) is 1.52. The lowest BCUT2D eigenvalue weighted by Crippen LogP contribution is -2.12. The van der Waals surface area contributed by atoms with Crippen molar-refractivity contribution in [1.82, 2.24) is 4.98 Å². The maximum Gasteiger partial charge on any atom is 0.131 e. The van der Waals surface area contributed by atoms with Crippen LogP contribution < -0.4 is 11.1 Å². The number of nitrogens with zero attached hydrogens (tertiary/aromatic N) is 1. The van der Waals surface area contributed by atoms with Gasteiger partial charge in [0.25, 0.3) is 0 Å². The van der Waals surface area contributed by atoms with Gasteiger partial charge < -0.3 is 11.1 Å². The topological polar surface area (TPSA) is 50.9 Å². The van der Waals surface area contributed by atoms with Gasteiger partial charge in [0.2, 0.25) is 0 Å².